The highest BCUT2D eigenvalue weighted by atomic mass is 16.6. The first-order valence-electron chi connectivity index (χ1n) is 7.80. The molecule has 0 saturated carbocycles. The number of rotatable bonds is 6. The Morgan fingerprint density at radius 2 is 2.04 bits per heavy atom. The highest BCUT2D eigenvalue weighted by Gasteiger charge is 2.18. The molecule has 0 spiro atoms. The molecule has 0 aliphatic carbocycles. The second-order valence-corrected chi connectivity index (χ2v) is 5.27. The number of nitro groups is 1. The van der Waals surface area contributed by atoms with Gasteiger partial charge in [-0.15, -0.1) is 0 Å². The van der Waals surface area contributed by atoms with Crippen molar-refractivity contribution in [2.45, 2.75) is 6.92 Å². The summed E-state index contributed by atoms with van der Waals surface area (Å²) in [5.74, 6) is 0.291. The molecule has 132 valence electrons. The van der Waals surface area contributed by atoms with E-state index < -0.39 is 10.8 Å². The van der Waals surface area contributed by atoms with Gasteiger partial charge in [-0.3, -0.25) is 14.9 Å². The van der Waals surface area contributed by atoms with E-state index >= 15 is 0 Å². The monoisotopic (exact) mass is 353 g/mol. The summed E-state index contributed by atoms with van der Waals surface area (Å²) in [7, 11) is 0. The van der Waals surface area contributed by atoms with Crippen LogP contribution < -0.4 is 10.1 Å². The number of aromatic nitrogens is 1. The number of nitrogens with zero attached hydrogens (tertiary/aromatic N) is 2. The van der Waals surface area contributed by atoms with Crippen molar-refractivity contribution < 1.29 is 18.9 Å². The van der Waals surface area contributed by atoms with Gasteiger partial charge in [0.1, 0.15) is 0 Å². The Morgan fingerprint density at radius 3 is 2.65 bits per heavy atom. The van der Waals surface area contributed by atoms with Gasteiger partial charge >= 0.3 is 5.69 Å². The van der Waals surface area contributed by atoms with Crippen LogP contribution in [0.1, 0.15) is 17.3 Å². The van der Waals surface area contributed by atoms with Gasteiger partial charge < -0.3 is 14.5 Å². The Kier molecular flexibility index (Phi) is 4.93. The molecule has 0 saturated heterocycles. The third kappa shape index (κ3) is 3.69. The number of amides is 1. The van der Waals surface area contributed by atoms with Gasteiger partial charge in [0, 0.05) is 22.9 Å². The second kappa shape index (κ2) is 7.47. The SMILES string of the molecule is CCOc1ccc(C(=O)Nc2ccc(-c3cnco3)cc2)cc1[N+](=O)[O-]. The molecular formula is C18H15N3O5. The van der Waals surface area contributed by atoms with Gasteiger partial charge in [-0.25, -0.2) is 4.98 Å². The predicted octanol–water partition coefficient (Wildman–Crippen LogP) is 3.90. The maximum atomic E-state index is 12.4. The summed E-state index contributed by atoms with van der Waals surface area (Å²) in [5, 5.41) is 13.9. The zero-order valence-corrected chi connectivity index (χ0v) is 13.8. The fraction of sp³-hybridized carbons (Fsp3) is 0.111. The van der Waals surface area contributed by atoms with Crippen LogP contribution in [0.25, 0.3) is 11.3 Å². The average Bonchev–Trinajstić information content (AvgIpc) is 3.17. The summed E-state index contributed by atoms with van der Waals surface area (Å²) in [5.41, 5.74) is 1.28. The Hall–Kier alpha value is -3.68. The van der Waals surface area contributed by atoms with Crippen LogP contribution in [0.15, 0.2) is 59.5 Å². The lowest BCUT2D eigenvalue weighted by molar-refractivity contribution is -0.385. The number of nitrogens with one attached hydrogen (secondary N) is 1. The van der Waals surface area contributed by atoms with Crippen molar-refractivity contribution in [2.24, 2.45) is 0 Å². The molecule has 0 unspecified atom stereocenters. The summed E-state index contributed by atoms with van der Waals surface area (Å²) in [6.45, 7) is 2.02. The first kappa shape index (κ1) is 17.2. The van der Waals surface area contributed by atoms with Crippen LogP contribution in [0, 0.1) is 10.1 Å². The third-order valence-electron chi connectivity index (χ3n) is 3.58. The summed E-state index contributed by atoms with van der Waals surface area (Å²) < 4.78 is 10.4. The van der Waals surface area contributed by atoms with E-state index in [0.29, 0.717) is 18.1 Å². The van der Waals surface area contributed by atoms with Crippen molar-refractivity contribution >= 4 is 17.3 Å². The molecule has 1 amide bonds. The van der Waals surface area contributed by atoms with Crippen LogP contribution in [-0.2, 0) is 0 Å². The van der Waals surface area contributed by atoms with Crippen molar-refractivity contribution in [2.75, 3.05) is 11.9 Å². The standard InChI is InChI=1S/C18H15N3O5/c1-2-25-16-8-5-13(9-15(16)21(23)24)18(22)20-14-6-3-12(4-7-14)17-10-19-11-26-17/h3-11H,2H2,1H3,(H,20,22). The third-order valence-corrected chi connectivity index (χ3v) is 3.58. The maximum absolute atomic E-state index is 12.4. The van der Waals surface area contributed by atoms with Crippen molar-refractivity contribution in [1.29, 1.82) is 0 Å². The van der Waals surface area contributed by atoms with Crippen LogP contribution in [0.4, 0.5) is 11.4 Å². The minimum absolute atomic E-state index is 0.130. The van der Waals surface area contributed by atoms with Crippen LogP contribution in [0.2, 0.25) is 0 Å². The topological polar surface area (TPSA) is 108 Å². The van der Waals surface area contributed by atoms with Gasteiger partial charge in [0.2, 0.25) is 0 Å². The number of benzene rings is 2. The number of carbonyl (C=O) groups excluding carboxylic acids is 1. The number of oxazole rings is 1. The fourth-order valence-corrected chi connectivity index (χ4v) is 2.36. The Morgan fingerprint density at radius 1 is 1.27 bits per heavy atom. The van der Waals surface area contributed by atoms with Crippen molar-refractivity contribution in [3.05, 3.63) is 70.7 Å². The molecule has 1 N–H and O–H groups in total. The molecule has 8 heteroatoms. The van der Waals surface area contributed by atoms with E-state index in [1.54, 1.807) is 37.4 Å². The van der Waals surface area contributed by atoms with Gasteiger partial charge in [0.25, 0.3) is 5.91 Å². The summed E-state index contributed by atoms with van der Waals surface area (Å²) in [4.78, 5) is 26.8. The predicted molar refractivity (Wildman–Crippen MR) is 94.2 cm³/mol. The number of ether oxygens (including phenoxy) is 1. The van der Waals surface area contributed by atoms with Gasteiger partial charge in [-0.2, -0.15) is 0 Å². The first-order chi connectivity index (χ1) is 12.6. The van der Waals surface area contributed by atoms with Crippen LogP contribution in [0.5, 0.6) is 5.75 Å². The summed E-state index contributed by atoms with van der Waals surface area (Å²) in [6.07, 6.45) is 2.93. The Bertz CT molecular complexity index is 921. The molecule has 0 aliphatic rings. The number of anilines is 1. The zero-order chi connectivity index (χ0) is 18.5. The average molecular weight is 353 g/mol. The van der Waals surface area contributed by atoms with E-state index in [4.69, 9.17) is 9.15 Å². The Balaban J connectivity index is 1.77. The van der Waals surface area contributed by atoms with E-state index in [1.165, 1.54) is 24.6 Å². The van der Waals surface area contributed by atoms with Crippen LogP contribution >= 0.6 is 0 Å². The molecule has 1 heterocycles. The lowest BCUT2D eigenvalue weighted by Crippen LogP contribution is -2.12. The summed E-state index contributed by atoms with van der Waals surface area (Å²) >= 11 is 0. The van der Waals surface area contributed by atoms with E-state index in [1.807, 2.05) is 0 Å². The normalized spacial score (nSPS) is 10.3. The number of hydrogen-bond acceptors (Lipinski definition) is 6. The quantitative estimate of drug-likeness (QED) is 0.532. The lowest BCUT2D eigenvalue weighted by Gasteiger charge is -2.08. The first-order valence-corrected chi connectivity index (χ1v) is 7.80. The van der Waals surface area contributed by atoms with Crippen LogP contribution in [-0.4, -0.2) is 22.4 Å². The largest absolute Gasteiger partial charge is 0.487 e. The highest BCUT2D eigenvalue weighted by Crippen LogP contribution is 2.28. The fourth-order valence-electron chi connectivity index (χ4n) is 2.36. The van der Waals surface area contributed by atoms with Gasteiger partial charge in [0.15, 0.2) is 17.9 Å². The molecule has 2 aromatic carbocycles. The van der Waals surface area contributed by atoms with Crippen molar-refractivity contribution in [3.8, 4) is 17.1 Å². The van der Waals surface area contributed by atoms with Crippen molar-refractivity contribution in [1.82, 2.24) is 4.98 Å². The zero-order valence-electron chi connectivity index (χ0n) is 13.8. The highest BCUT2D eigenvalue weighted by molar-refractivity contribution is 6.04. The molecule has 26 heavy (non-hydrogen) atoms. The van der Waals surface area contributed by atoms with E-state index in [9.17, 15) is 14.9 Å². The van der Waals surface area contributed by atoms with E-state index in [-0.39, 0.29) is 17.0 Å². The molecule has 0 fully saturated rings. The molecule has 3 aromatic rings. The molecule has 0 aliphatic heterocycles. The minimum atomic E-state index is -0.575. The van der Waals surface area contributed by atoms with E-state index in [0.717, 1.165) is 5.56 Å². The van der Waals surface area contributed by atoms with Gasteiger partial charge in [-0.05, 0) is 43.3 Å². The molecular weight excluding hydrogens is 338 g/mol. The molecule has 3 rings (SSSR count). The van der Waals surface area contributed by atoms with Crippen molar-refractivity contribution in [3.63, 3.8) is 0 Å². The Labute approximate surface area is 148 Å². The number of carbonyl (C=O) groups is 1. The molecule has 8 nitrogen and oxygen atoms in total. The van der Waals surface area contributed by atoms with Gasteiger partial charge in [0.05, 0.1) is 17.7 Å². The maximum Gasteiger partial charge on any atom is 0.311 e. The molecule has 0 radical (unpaired) electrons. The smallest absolute Gasteiger partial charge is 0.311 e. The number of nitro benzene ring substituents is 1. The summed E-state index contributed by atoms with van der Waals surface area (Å²) in [6, 6.07) is 11.1. The number of hydrogen-bond donors (Lipinski definition) is 1. The second-order valence-electron chi connectivity index (χ2n) is 5.27. The van der Waals surface area contributed by atoms with Crippen LogP contribution in [0.3, 0.4) is 0 Å². The minimum Gasteiger partial charge on any atom is -0.487 e. The molecule has 0 bridgehead atoms. The van der Waals surface area contributed by atoms with Gasteiger partial charge in [-0.1, -0.05) is 0 Å². The molecule has 0 atom stereocenters. The van der Waals surface area contributed by atoms with E-state index in [2.05, 4.69) is 10.3 Å². The lowest BCUT2D eigenvalue weighted by atomic mass is 10.1. The molecule has 1 aromatic heterocycles.